The largest absolute Gasteiger partial charge is 0.384 e. The summed E-state index contributed by atoms with van der Waals surface area (Å²) >= 11 is 0. The molecule has 1 heterocycles. The summed E-state index contributed by atoms with van der Waals surface area (Å²) in [7, 11) is 1.64. The molecule has 0 bridgehead atoms. The van der Waals surface area contributed by atoms with Crippen LogP contribution < -0.4 is 5.56 Å². The minimum Gasteiger partial charge on any atom is -0.384 e. The molecule has 1 unspecified atom stereocenters. The first-order valence-corrected chi connectivity index (χ1v) is 5.45. The molecule has 0 amide bonds. The molecule has 1 aromatic rings. The van der Waals surface area contributed by atoms with E-state index in [9.17, 15) is 4.79 Å². The molecule has 4 nitrogen and oxygen atoms in total. The molecular formula is C12H20N2O2. The predicted molar refractivity (Wildman–Crippen MR) is 63.8 cm³/mol. The molecule has 0 aliphatic heterocycles. The summed E-state index contributed by atoms with van der Waals surface area (Å²) in [6.45, 7) is 8.66. The Kier molecular flexibility index (Phi) is 3.86. The summed E-state index contributed by atoms with van der Waals surface area (Å²) in [5.41, 5.74) is 0.600. The van der Waals surface area contributed by atoms with Crippen molar-refractivity contribution in [2.45, 2.75) is 39.0 Å². The molecule has 1 N–H and O–H groups in total. The number of H-pyrrole nitrogens is 1. The predicted octanol–water partition coefficient (Wildman–Crippen LogP) is 1.82. The second kappa shape index (κ2) is 4.78. The lowest BCUT2D eigenvalue weighted by molar-refractivity contribution is 0.181. The van der Waals surface area contributed by atoms with Crippen LogP contribution in [0.3, 0.4) is 0 Å². The maximum Gasteiger partial charge on any atom is 0.251 e. The maximum absolute atomic E-state index is 11.5. The van der Waals surface area contributed by atoms with Crippen LogP contribution in [0.1, 0.15) is 45.1 Å². The minimum absolute atomic E-state index is 0.0972. The van der Waals surface area contributed by atoms with Crippen molar-refractivity contribution in [3.05, 3.63) is 27.9 Å². The average molecular weight is 224 g/mol. The maximum atomic E-state index is 11.5. The molecule has 0 aromatic carbocycles. The van der Waals surface area contributed by atoms with Crippen molar-refractivity contribution in [3.8, 4) is 0 Å². The fourth-order valence-corrected chi connectivity index (χ4v) is 1.42. The number of ether oxygens (including phenoxy) is 1. The van der Waals surface area contributed by atoms with E-state index >= 15 is 0 Å². The number of hydrogen-bond acceptors (Lipinski definition) is 3. The van der Waals surface area contributed by atoms with Gasteiger partial charge in [0.1, 0.15) is 5.82 Å². The molecule has 1 aromatic heterocycles. The average Bonchev–Trinajstić information content (AvgIpc) is 2.16. The van der Waals surface area contributed by atoms with Crippen molar-refractivity contribution in [3.63, 3.8) is 0 Å². The van der Waals surface area contributed by atoms with E-state index in [1.807, 2.05) is 27.7 Å². The summed E-state index contributed by atoms with van der Waals surface area (Å²) in [6, 6.07) is 1.56. The molecular weight excluding hydrogens is 204 g/mol. The van der Waals surface area contributed by atoms with Crippen molar-refractivity contribution in [2.75, 3.05) is 13.7 Å². The van der Waals surface area contributed by atoms with E-state index in [1.165, 1.54) is 0 Å². The minimum atomic E-state index is -0.115. The van der Waals surface area contributed by atoms with Crippen LogP contribution in [0.15, 0.2) is 10.9 Å². The molecule has 0 aliphatic rings. The fourth-order valence-electron chi connectivity index (χ4n) is 1.42. The Morgan fingerprint density at radius 1 is 1.50 bits per heavy atom. The van der Waals surface area contributed by atoms with Crippen LogP contribution in [0.25, 0.3) is 0 Å². The Labute approximate surface area is 96.1 Å². The second-order valence-corrected chi connectivity index (χ2v) is 5.12. The zero-order valence-corrected chi connectivity index (χ0v) is 10.6. The normalized spacial score (nSPS) is 13.8. The molecule has 0 fully saturated rings. The van der Waals surface area contributed by atoms with Crippen LogP contribution in [-0.2, 0) is 10.2 Å². The monoisotopic (exact) mass is 224 g/mol. The van der Waals surface area contributed by atoms with Crippen LogP contribution in [-0.4, -0.2) is 23.7 Å². The number of rotatable bonds is 3. The van der Waals surface area contributed by atoms with Crippen LogP contribution in [0.4, 0.5) is 0 Å². The molecule has 0 aliphatic carbocycles. The van der Waals surface area contributed by atoms with E-state index in [0.717, 1.165) is 5.69 Å². The Hall–Kier alpha value is -1.16. The van der Waals surface area contributed by atoms with E-state index < -0.39 is 0 Å². The van der Waals surface area contributed by atoms with E-state index in [0.29, 0.717) is 12.4 Å². The van der Waals surface area contributed by atoms with Gasteiger partial charge < -0.3 is 9.72 Å². The lowest BCUT2D eigenvalue weighted by atomic mass is 9.92. The standard InChI is InChI=1S/C12H20N2O2/c1-8(7-16-5)11-13-9(12(2,3)4)6-10(15)14-11/h6,8H,7H2,1-5H3,(H,13,14,15). The first kappa shape index (κ1) is 12.9. The Morgan fingerprint density at radius 2 is 2.12 bits per heavy atom. The van der Waals surface area contributed by atoms with Crippen molar-refractivity contribution in [2.24, 2.45) is 0 Å². The molecule has 1 rings (SSSR count). The quantitative estimate of drug-likeness (QED) is 0.852. The number of nitrogens with zero attached hydrogens (tertiary/aromatic N) is 1. The molecule has 0 radical (unpaired) electrons. The summed E-state index contributed by atoms with van der Waals surface area (Å²) in [4.78, 5) is 18.8. The molecule has 0 saturated heterocycles. The molecule has 0 spiro atoms. The number of aromatic amines is 1. The van der Waals surface area contributed by atoms with Gasteiger partial charge in [-0.1, -0.05) is 27.7 Å². The number of hydrogen-bond donors (Lipinski definition) is 1. The highest BCUT2D eigenvalue weighted by Gasteiger charge is 2.18. The van der Waals surface area contributed by atoms with Crippen LogP contribution >= 0.6 is 0 Å². The highest BCUT2D eigenvalue weighted by molar-refractivity contribution is 5.13. The van der Waals surface area contributed by atoms with Crippen LogP contribution in [0, 0.1) is 0 Å². The van der Waals surface area contributed by atoms with Gasteiger partial charge in [0.2, 0.25) is 0 Å². The van der Waals surface area contributed by atoms with E-state index in [2.05, 4.69) is 9.97 Å². The van der Waals surface area contributed by atoms with Gasteiger partial charge in [-0.15, -0.1) is 0 Å². The van der Waals surface area contributed by atoms with Crippen LogP contribution in [0.2, 0.25) is 0 Å². The number of nitrogens with one attached hydrogen (secondary N) is 1. The van der Waals surface area contributed by atoms with Crippen LogP contribution in [0.5, 0.6) is 0 Å². The summed E-state index contributed by atoms with van der Waals surface area (Å²) < 4.78 is 5.06. The topological polar surface area (TPSA) is 55.0 Å². The van der Waals surface area contributed by atoms with Crippen molar-refractivity contribution < 1.29 is 4.74 Å². The SMILES string of the molecule is COCC(C)c1nc(C(C)(C)C)cc(=O)[nH]1. The third-order valence-corrected chi connectivity index (χ3v) is 2.41. The highest BCUT2D eigenvalue weighted by Crippen LogP contribution is 2.19. The zero-order chi connectivity index (χ0) is 12.3. The fraction of sp³-hybridized carbons (Fsp3) is 0.667. The Morgan fingerprint density at radius 3 is 2.62 bits per heavy atom. The lowest BCUT2D eigenvalue weighted by Crippen LogP contribution is -2.22. The van der Waals surface area contributed by atoms with Gasteiger partial charge in [-0.25, -0.2) is 4.98 Å². The van der Waals surface area contributed by atoms with Gasteiger partial charge in [-0.2, -0.15) is 0 Å². The van der Waals surface area contributed by atoms with Gasteiger partial charge in [0.25, 0.3) is 5.56 Å². The van der Waals surface area contributed by atoms with E-state index in [-0.39, 0.29) is 16.9 Å². The molecule has 4 heteroatoms. The second-order valence-electron chi connectivity index (χ2n) is 5.12. The van der Waals surface area contributed by atoms with Gasteiger partial charge in [0.15, 0.2) is 0 Å². The van der Waals surface area contributed by atoms with Crippen molar-refractivity contribution in [1.82, 2.24) is 9.97 Å². The third-order valence-electron chi connectivity index (χ3n) is 2.41. The molecule has 16 heavy (non-hydrogen) atoms. The zero-order valence-electron chi connectivity index (χ0n) is 10.6. The molecule has 1 atom stereocenters. The third kappa shape index (κ3) is 3.17. The summed E-state index contributed by atoms with van der Waals surface area (Å²) in [5.74, 6) is 0.791. The van der Waals surface area contributed by atoms with Gasteiger partial charge >= 0.3 is 0 Å². The van der Waals surface area contributed by atoms with Gasteiger partial charge in [-0.05, 0) is 0 Å². The van der Waals surface area contributed by atoms with Gasteiger partial charge in [0.05, 0.1) is 12.3 Å². The summed E-state index contributed by atoms with van der Waals surface area (Å²) in [5, 5.41) is 0. The van der Waals surface area contributed by atoms with Gasteiger partial charge in [-0.3, -0.25) is 4.79 Å². The smallest absolute Gasteiger partial charge is 0.251 e. The highest BCUT2D eigenvalue weighted by atomic mass is 16.5. The van der Waals surface area contributed by atoms with Gasteiger partial charge in [0, 0.05) is 24.5 Å². The summed E-state index contributed by atoms with van der Waals surface area (Å²) in [6.07, 6.45) is 0. The van der Waals surface area contributed by atoms with Crippen molar-refractivity contribution in [1.29, 1.82) is 0 Å². The number of methoxy groups -OCH3 is 1. The van der Waals surface area contributed by atoms with E-state index in [4.69, 9.17) is 4.74 Å². The molecule has 90 valence electrons. The lowest BCUT2D eigenvalue weighted by Gasteiger charge is -2.19. The Balaban J connectivity index is 3.13. The van der Waals surface area contributed by atoms with E-state index in [1.54, 1.807) is 13.2 Å². The first-order valence-electron chi connectivity index (χ1n) is 5.45. The van der Waals surface area contributed by atoms with Crippen molar-refractivity contribution >= 4 is 0 Å². The number of aromatic nitrogens is 2. The Bertz CT molecular complexity index is 404. The first-order chi connectivity index (χ1) is 7.34. The molecule has 0 saturated carbocycles.